The predicted molar refractivity (Wildman–Crippen MR) is 42.9 cm³/mol. The molecule has 0 heterocycles. The topological polar surface area (TPSA) is 0 Å². The van der Waals surface area contributed by atoms with Gasteiger partial charge in [0.1, 0.15) is 0 Å². The molecule has 13 heavy (non-hydrogen) atoms. The third kappa shape index (κ3) is 3.52. The summed E-state index contributed by atoms with van der Waals surface area (Å²) in [5.74, 6) is 0.288. The summed E-state index contributed by atoms with van der Waals surface area (Å²) < 4.78 is 36.3. The molecule has 2 rings (SSSR count). The van der Waals surface area contributed by atoms with Gasteiger partial charge in [-0.15, -0.1) is 0 Å². The minimum atomic E-state index is -4.51. The molecular weight excluding hydrogens is 203 g/mol. The van der Waals surface area contributed by atoms with Crippen molar-refractivity contribution in [3.63, 3.8) is 0 Å². The van der Waals surface area contributed by atoms with E-state index in [1.807, 2.05) is 0 Å². The summed E-state index contributed by atoms with van der Waals surface area (Å²) in [7, 11) is 0. The van der Waals surface area contributed by atoms with E-state index in [1.54, 1.807) is 0 Å². The van der Waals surface area contributed by atoms with Gasteiger partial charge in [-0.05, 0) is 18.3 Å². The van der Waals surface area contributed by atoms with Crippen LogP contribution in [0.5, 0.6) is 0 Å². The first-order chi connectivity index (χ1) is 5.55. The standard InChI is InChI=1S/C8H13BF3.K/c10-9(11,12)8-4-7(5-8)3-6-1-2-6;/h6-8H,1-5H2;/q-1;+1. The molecule has 2 saturated carbocycles. The zero-order valence-electron chi connectivity index (χ0n) is 7.98. The second kappa shape index (κ2) is 4.56. The maximum atomic E-state index is 12.1. The fourth-order valence-electron chi connectivity index (χ4n) is 2.11. The minimum absolute atomic E-state index is 0. The van der Waals surface area contributed by atoms with Crippen LogP contribution in [0.4, 0.5) is 12.9 Å². The van der Waals surface area contributed by atoms with Gasteiger partial charge in [-0.1, -0.05) is 31.5 Å². The van der Waals surface area contributed by atoms with Crippen LogP contribution in [0.15, 0.2) is 0 Å². The van der Waals surface area contributed by atoms with Gasteiger partial charge in [0.05, 0.1) is 0 Å². The Bertz CT molecular complexity index is 173. The smallest absolute Gasteiger partial charge is 0.449 e. The molecule has 70 valence electrons. The Morgan fingerprint density at radius 2 is 1.54 bits per heavy atom. The van der Waals surface area contributed by atoms with Gasteiger partial charge in [0, 0.05) is 0 Å². The van der Waals surface area contributed by atoms with Crippen molar-refractivity contribution in [2.45, 2.75) is 37.9 Å². The van der Waals surface area contributed by atoms with Crippen LogP contribution in [-0.2, 0) is 0 Å². The van der Waals surface area contributed by atoms with Gasteiger partial charge in [0.25, 0.3) is 0 Å². The molecule has 2 aliphatic carbocycles. The zero-order valence-corrected chi connectivity index (χ0v) is 11.1. The van der Waals surface area contributed by atoms with Gasteiger partial charge in [0.15, 0.2) is 0 Å². The first-order valence-electron chi connectivity index (χ1n) is 4.75. The molecule has 0 N–H and O–H groups in total. The molecule has 2 aliphatic rings. The van der Waals surface area contributed by atoms with Gasteiger partial charge in [-0.2, -0.15) is 0 Å². The molecule has 2 fully saturated rings. The summed E-state index contributed by atoms with van der Waals surface area (Å²) in [6.45, 7) is -4.51. The Kier molecular flexibility index (Phi) is 4.40. The van der Waals surface area contributed by atoms with Crippen molar-refractivity contribution in [1.29, 1.82) is 0 Å². The fourth-order valence-corrected chi connectivity index (χ4v) is 2.11. The van der Waals surface area contributed by atoms with E-state index in [1.165, 1.54) is 12.8 Å². The summed E-state index contributed by atoms with van der Waals surface area (Å²) in [5, 5.41) is 0. The molecule has 0 unspecified atom stereocenters. The zero-order chi connectivity index (χ0) is 8.77. The van der Waals surface area contributed by atoms with Crippen LogP contribution in [-0.4, -0.2) is 6.98 Å². The molecule has 0 amide bonds. The van der Waals surface area contributed by atoms with E-state index in [2.05, 4.69) is 0 Å². The normalized spacial score (nSPS) is 33.5. The quantitative estimate of drug-likeness (QED) is 0.600. The van der Waals surface area contributed by atoms with E-state index >= 15 is 0 Å². The monoisotopic (exact) mass is 216 g/mol. The Balaban J connectivity index is 0.000000845. The average Bonchev–Trinajstić information content (AvgIpc) is 2.56. The molecule has 0 spiro atoms. The summed E-state index contributed by atoms with van der Waals surface area (Å²) in [6, 6.07) is 0. The van der Waals surface area contributed by atoms with Crippen LogP contribution in [0.2, 0.25) is 5.82 Å². The Morgan fingerprint density at radius 1 is 1.00 bits per heavy atom. The summed E-state index contributed by atoms with van der Waals surface area (Å²) in [4.78, 5) is 0. The molecular formula is C8H13BF3K. The fraction of sp³-hybridized carbons (Fsp3) is 1.00. The molecule has 0 aromatic rings. The minimum Gasteiger partial charge on any atom is -0.449 e. The molecule has 0 radical (unpaired) electrons. The van der Waals surface area contributed by atoms with E-state index < -0.39 is 12.8 Å². The van der Waals surface area contributed by atoms with Gasteiger partial charge < -0.3 is 12.9 Å². The van der Waals surface area contributed by atoms with Gasteiger partial charge in [0.2, 0.25) is 0 Å². The summed E-state index contributed by atoms with van der Waals surface area (Å²) >= 11 is 0. The van der Waals surface area contributed by atoms with Crippen molar-refractivity contribution in [2.75, 3.05) is 0 Å². The van der Waals surface area contributed by atoms with E-state index in [4.69, 9.17) is 0 Å². The molecule has 0 saturated heterocycles. The van der Waals surface area contributed by atoms with Crippen molar-refractivity contribution in [2.24, 2.45) is 11.8 Å². The van der Waals surface area contributed by atoms with Gasteiger partial charge in [-0.25, -0.2) is 0 Å². The molecule has 0 aromatic heterocycles. The van der Waals surface area contributed by atoms with Crippen molar-refractivity contribution >= 4 is 6.98 Å². The number of hydrogen-bond acceptors (Lipinski definition) is 0. The molecule has 5 heteroatoms. The molecule has 0 atom stereocenters. The van der Waals surface area contributed by atoms with Crippen LogP contribution in [0.3, 0.4) is 0 Å². The summed E-state index contributed by atoms with van der Waals surface area (Å²) in [5.41, 5.74) is 0. The van der Waals surface area contributed by atoms with Crippen molar-refractivity contribution in [1.82, 2.24) is 0 Å². The maximum absolute atomic E-state index is 12.1. The van der Waals surface area contributed by atoms with Crippen molar-refractivity contribution in [3.8, 4) is 0 Å². The molecule has 0 bridgehead atoms. The largest absolute Gasteiger partial charge is 1.00 e. The van der Waals surface area contributed by atoms with Crippen molar-refractivity contribution < 1.29 is 64.3 Å². The van der Waals surface area contributed by atoms with E-state index in [0.717, 1.165) is 12.3 Å². The van der Waals surface area contributed by atoms with E-state index in [-0.39, 0.29) is 51.4 Å². The first kappa shape index (κ1) is 12.6. The molecule has 0 aromatic carbocycles. The van der Waals surface area contributed by atoms with Crippen LogP contribution in [0, 0.1) is 11.8 Å². The van der Waals surface area contributed by atoms with Crippen LogP contribution >= 0.6 is 0 Å². The third-order valence-corrected chi connectivity index (χ3v) is 3.17. The van der Waals surface area contributed by atoms with Crippen LogP contribution < -0.4 is 51.4 Å². The van der Waals surface area contributed by atoms with Crippen molar-refractivity contribution in [3.05, 3.63) is 0 Å². The van der Waals surface area contributed by atoms with Gasteiger partial charge in [-0.3, -0.25) is 0 Å². The first-order valence-corrected chi connectivity index (χ1v) is 4.75. The van der Waals surface area contributed by atoms with E-state index in [9.17, 15) is 12.9 Å². The maximum Gasteiger partial charge on any atom is 1.00 e. The predicted octanol–water partition coefficient (Wildman–Crippen LogP) is 0.418. The Morgan fingerprint density at radius 3 is 1.92 bits per heavy atom. The van der Waals surface area contributed by atoms with Crippen LogP contribution in [0.1, 0.15) is 32.1 Å². The Hall–Kier alpha value is 1.49. The number of hydrogen-bond donors (Lipinski definition) is 0. The number of halogens is 3. The molecule has 0 aliphatic heterocycles. The Labute approximate surface area is 120 Å². The van der Waals surface area contributed by atoms with E-state index in [0.29, 0.717) is 18.8 Å². The summed E-state index contributed by atoms with van der Waals surface area (Å²) in [6.07, 6.45) is 4.46. The molecule has 0 nitrogen and oxygen atoms in total. The van der Waals surface area contributed by atoms with Crippen LogP contribution in [0.25, 0.3) is 0 Å². The second-order valence-corrected chi connectivity index (χ2v) is 4.40. The third-order valence-electron chi connectivity index (χ3n) is 3.17. The SMILES string of the molecule is F[B-](F)(F)C1CC(CC2CC2)C1.[K+]. The second-order valence-electron chi connectivity index (χ2n) is 4.40. The average molecular weight is 216 g/mol. The van der Waals surface area contributed by atoms with Gasteiger partial charge >= 0.3 is 58.4 Å². The number of rotatable bonds is 3.